The van der Waals surface area contributed by atoms with Gasteiger partial charge in [-0.05, 0) is 42.5 Å². The van der Waals surface area contributed by atoms with Gasteiger partial charge in [-0.3, -0.25) is 0 Å². The van der Waals surface area contributed by atoms with Crippen LogP contribution in [-0.4, -0.2) is 24.0 Å². The number of nitriles is 1. The van der Waals surface area contributed by atoms with Gasteiger partial charge < -0.3 is 10.4 Å². The van der Waals surface area contributed by atoms with E-state index in [1.54, 1.807) is 11.8 Å². The lowest BCUT2D eigenvalue weighted by atomic mass is 9.88. The topological polar surface area (TPSA) is 56.0 Å². The molecule has 0 aromatic heterocycles. The van der Waals surface area contributed by atoms with E-state index in [1.165, 1.54) is 4.90 Å². The van der Waals surface area contributed by atoms with Crippen LogP contribution in [0.1, 0.15) is 33.1 Å². The summed E-state index contributed by atoms with van der Waals surface area (Å²) in [6, 6.07) is 10.6. The Bertz CT molecular complexity index is 423. The van der Waals surface area contributed by atoms with Gasteiger partial charge in [-0.1, -0.05) is 13.8 Å². The highest BCUT2D eigenvalue weighted by molar-refractivity contribution is 7.99. The molecule has 0 aliphatic rings. The average Bonchev–Trinajstić information content (AvgIpc) is 2.45. The van der Waals surface area contributed by atoms with E-state index in [0.29, 0.717) is 6.42 Å². The number of rotatable bonds is 9. The molecule has 110 valence electrons. The second-order valence-electron chi connectivity index (χ2n) is 5.63. The summed E-state index contributed by atoms with van der Waals surface area (Å²) in [4.78, 5) is 1.23. The van der Waals surface area contributed by atoms with E-state index in [0.717, 1.165) is 30.8 Å². The third kappa shape index (κ3) is 6.83. The predicted octanol–water partition coefficient (Wildman–Crippen LogP) is 3.90. The number of aliphatic hydroxyl groups excluding tert-OH is 1. The maximum Gasteiger partial charge on any atom is 0.0621 e. The van der Waals surface area contributed by atoms with Crippen molar-refractivity contribution in [2.75, 3.05) is 24.2 Å². The Morgan fingerprint density at radius 2 is 2.00 bits per heavy atom. The van der Waals surface area contributed by atoms with Crippen LogP contribution in [0.2, 0.25) is 0 Å². The second kappa shape index (κ2) is 8.89. The summed E-state index contributed by atoms with van der Waals surface area (Å²) in [5.74, 6) is 0.949. The maximum absolute atomic E-state index is 8.75. The van der Waals surface area contributed by atoms with E-state index in [-0.39, 0.29) is 12.0 Å². The van der Waals surface area contributed by atoms with Gasteiger partial charge in [0.2, 0.25) is 0 Å². The molecule has 0 spiro atoms. The summed E-state index contributed by atoms with van der Waals surface area (Å²) in [6.07, 6.45) is 2.35. The maximum atomic E-state index is 8.75. The van der Waals surface area contributed by atoms with Crippen LogP contribution in [0.5, 0.6) is 0 Å². The van der Waals surface area contributed by atoms with Crippen molar-refractivity contribution in [2.45, 2.75) is 38.0 Å². The van der Waals surface area contributed by atoms with Gasteiger partial charge >= 0.3 is 0 Å². The minimum Gasteiger partial charge on any atom is -0.396 e. The third-order valence-corrected chi connectivity index (χ3v) is 4.21. The molecule has 0 bridgehead atoms. The van der Waals surface area contributed by atoms with Gasteiger partial charge in [0.15, 0.2) is 0 Å². The molecule has 0 radical (unpaired) electrons. The van der Waals surface area contributed by atoms with Crippen LogP contribution in [-0.2, 0) is 0 Å². The van der Waals surface area contributed by atoms with Crippen LogP contribution in [0.4, 0.5) is 5.69 Å². The molecule has 0 heterocycles. The van der Waals surface area contributed by atoms with E-state index < -0.39 is 0 Å². The zero-order valence-electron chi connectivity index (χ0n) is 12.4. The van der Waals surface area contributed by atoms with Crippen molar-refractivity contribution >= 4 is 17.4 Å². The first-order valence-corrected chi connectivity index (χ1v) is 8.00. The molecule has 0 saturated carbocycles. The number of anilines is 1. The molecule has 1 aromatic carbocycles. The summed E-state index contributed by atoms with van der Waals surface area (Å²) in [5, 5.41) is 20.8. The lowest BCUT2D eigenvalue weighted by molar-refractivity contribution is 0.296. The third-order valence-electron chi connectivity index (χ3n) is 3.11. The molecule has 0 aliphatic carbocycles. The Hall–Kier alpha value is -1.18. The first kappa shape index (κ1) is 16.9. The van der Waals surface area contributed by atoms with Crippen LogP contribution < -0.4 is 5.32 Å². The summed E-state index contributed by atoms with van der Waals surface area (Å²) in [6.45, 7) is 5.48. The van der Waals surface area contributed by atoms with Gasteiger partial charge in [-0.2, -0.15) is 5.26 Å². The Morgan fingerprint density at radius 1 is 1.30 bits per heavy atom. The molecule has 0 saturated heterocycles. The summed E-state index contributed by atoms with van der Waals surface area (Å²) >= 11 is 1.76. The van der Waals surface area contributed by atoms with Crippen LogP contribution >= 0.6 is 11.8 Å². The molecule has 1 rings (SSSR count). The van der Waals surface area contributed by atoms with Gasteiger partial charge in [0.1, 0.15) is 0 Å². The van der Waals surface area contributed by atoms with Crippen LogP contribution in [0.3, 0.4) is 0 Å². The molecule has 0 atom stereocenters. The van der Waals surface area contributed by atoms with Crippen molar-refractivity contribution < 1.29 is 5.11 Å². The van der Waals surface area contributed by atoms with Gasteiger partial charge in [-0.15, -0.1) is 11.8 Å². The van der Waals surface area contributed by atoms with Crippen LogP contribution in [0.25, 0.3) is 0 Å². The molecule has 1 aromatic rings. The number of aliphatic hydroxyl groups is 1. The van der Waals surface area contributed by atoms with Gasteiger partial charge in [0, 0.05) is 35.9 Å². The van der Waals surface area contributed by atoms with Crippen molar-refractivity contribution in [3.63, 3.8) is 0 Å². The van der Waals surface area contributed by atoms with Crippen LogP contribution in [0.15, 0.2) is 29.2 Å². The quantitative estimate of drug-likeness (QED) is 0.535. The van der Waals surface area contributed by atoms with E-state index in [9.17, 15) is 0 Å². The van der Waals surface area contributed by atoms with Crippen molar-refractivity contribution in [2.24, 2.45) is 5.41 Å². The summed E-state index contributed by atoms with van der Waals surface area (Å²) in [7, 11) is 0. The molecular formula is C16H24N2OS. The van der Waals surface area contributed by atoms with Crippen molar-refractivity contribution in [3.8, 4) is 6.07 Å². The normalized spacial score (nSPS) is 11.1. The van der Waals surface area contributed by atoms with E-state index in [2.05, 4.69) is 49.5 Å². The van der Waals surface area contributed by atoms with E-state index in [1.807, 2.05) is 0 Å². The molecule has 0 aliphatic heterocycles. The van der Waals surface area contributed by atoms with E-state index >= 15 is 0 Å². The summed E-state index contributed by atoms with van der Waals surface area (Å²) in [5.41, 5.74) is 1.24. The fourth-order valence-corrected chi connectivity index (χ4v) is 2.59. The molecule has 20 heavy (non-hydrogen) atoms. The summed E-state index contributed by atoms with van der Waals surface area (Å²) < 4.78 is 0. The highest BCUT2D eigenvalue weighted by Crippen LogP contribution is 2.24. The smallest absolute Gasteiger partial charge is 0.0621 e. The number of nitrogens with zero attached hydrogens (tertiary/aromatic N) is 1. The molecule has 0 unspecified atom stereocenters. The largest absolute Gasteiger partial charge is 0.396 e. The highest BCUT2D eigenvalue weighted by Gasteiger charge is 2.16. The fourth-order valence-electron chi connectivity index (χ4n) is 1.75. The van der Waals surface area contributed by atoms with E-state index in [4.69, 9.17) is 10.4 Å². The fraction of sp³-hybridized carbons (Fsp3) is 0.562. The molecule has 2 N–H and O–H groups in total. The number of hydrogen-bond acceptors (Lipinski definition) is 4. The molecule has 0 fully saturated rings. The standard InChI is InChI=1S/C16H24N2OS/c1-16(2,9-3-10-17)13-18-14-5-7-15(8-6-14)20-12-4-11-19/h5-8,18-19H,3-4,9,11-13H2,1-2H3. The van der Waals surface area contributed by atoms with Gasteiger partial charge in [0.05, 0.1) is 6.07 Å². The predicted molar refractivity (Wildman–Crippen MR) is 86.0 cm³/mol. The number of hydrogen-bond donors (Lipinski definition) is 2. The van der Waals surface area contributed by atoms with Crippen molar-refractivity contribution in [1.29, 1.82) is 5.26 Å². The Kier molecular flexibility index (Phi) is 7.50. The molecular weight excluding hydrogens is 268 g/mol. The first-order valence-electron chi connectivity index (χ1n) is 7.02. The number of nitrogens with one attached hydrogen (secondary N) is 1. The molecule has 3 nitrogen and oxygen atoms in total. The van der Waals surface area contributed by atoms with Gasteiger partial charge in [0.25, 0.3) is 0 Å². The first-order chi connectivity index (χ1) is 9.57. The molecule has 0 amide bonds. The Labute approximate surface area is 126 Å². The van der Waals surface area contributed by atoms with Gasteiger partial charge in [-0.25, -0.2) is 0 Å². The number of benzene rings is 1. The Morgan fingerprint density at radius 3 is 2.60 bits per heavy atom. The Balaban J connectivity index is 2.39. The minimum atomic E-state index is 0.129. The number of thioether (sulfide) groups is 1. The minimum absolute atomic E-state index is 0.129. The monoisotopic (exact) mass is 292 g/mol. The SMILES string of the molecule is CC(C)(CCC#N)CNc1ccc(SCCCO)cc1. The lowest BCUT2D eigenvalue weighted by Gasteiger charge is -2.24. The zero-order valence-corrected chi connectivity index (χ0v) is 13.2. The van der Waals surface area contributed by atoms with Crippen molar-refractivity contribution in [1.82, 2.24) is 0 Å². The highest BCUT2D eigenvalue weighted by atomic mass is 32.2. The second-order valence-corrected chi connectivity index (χ2v) is 6.79. The average molecular weight is 292 g/mol. The molecule has 4 heteroatoms. The lowest BCUT2D eigenvalue weighted by Crippen LogP contribution is -2.22. The van der Waals surface area contributed by atoms with Crippen LogP contribution in [0, 0.1) is 16.7 Å². The zero-order chi connectivity index (χ0) is 14.8. The van der Waals surface area contributed by atoms with Crippen molar-refractivity contribution in [3.05, 3.63) is 24.3 Å².